The van der Waals surface area contributed by atoms with Crippen LogP contribution in [-0.4, -0.2) is 41.3 Å². The van der Waals surface area contributed by atoms with Crippen molar-refractivity contribution < 1.29 is 9.15 Å². The molecule has 0 spiro atoms. The summed E-state index contributed by atoms with van der Waals surface area (Å²) >= 11 is 0. The van der Waals surface area contributed by atoms with Crippen molar-refractivity contribution in [3.8, 4) is 22.4 Å². The van der Waals surface area contributed by atoms with Crippen LogP contribution in [0, 0.1) is 0 Å². The highest BCUT2D eigenvalue weighted by Gasteiger charge is 2.30. The molecular weight excluding hydrogens is 432 g/mol. The molecule has 174 valence electrons. The first-order valence-corrected chi connectivity index (χ1v) is 11.5. The van der Waals surface area contributed by atoms with Crippen LogP contribution in [0.3, 0.4) is 0 Å². The second kappa shape index (κ2) is 7.66. The topological polar surface area (TPSA) is 92.9 Å². The second-order valence-electron chi connectivity index (χ2n) is 9.29. The smallest absolute Gasteiger partial charge is 0.349 e. The summed E-state index contributed by atoms with van der Waals surface area (Å²) in [5, 5.41) is 9.46. The van der Waals surface area contributed by atoms with Gasteiger partial charge < -0.3 is 9.15 Å². The normalized spacial score (nSPS) is 21.0. The fourth-order valence-electron chi connectivity index (χ4n) is 5.19. The van der Waals surface area contributed by atoms with Gasteiger partial charge in [-0.3, -0.25) is 13.9 Å². The Morgan fingerprint density at radius 3 is 2.26 bits per heavy atom. The zero-order valence-electron chi connectivity index (χ0n) is 19.6. The third-order valence-electron chi connectivity index (χ3n) is 6.59. The molecule has 0 saturated carbocycles. The number of fused-ring (bicyclic) bond motifs is 3. The Bertz CT molecular complexity index is 1580. The van der Waals surface area contributed by atoms with E-state index in [1.807, 2.05) is 49.4 Å². The van der Waals surface area contributed by atoms with Gasteiger partial charge in [0.15, 0.2) is 5.58 Å². The summed E-state index contributed by atoms with van der Waals surface area (Å²) in [6.07, 6.45) is 8.94. The lowest BCUT2D eigenvalue weighted by atomic mass is 9.98. The summed E-state index contributed by atoms with van der Waals surface area (Å²) in [5.74, 6) is 0. The number of aromatic nitrogens is 6. The largest absolute Gasteiger partial charge is 0.452 e. The minimum atomic E-state index is -0.285. The Hall–Kier alpha value is -3.72. The molecule has 0 amide bonds. The summed E-state index contributed by atoms with van der Waals surface area (Å²) in [6, 6.07) is 6.01. The fourth-order valence-corrected chi connectivity index (χ4v) is 5.19. The molecule has 0 radical (unpaired) electrons. The Balaban J connectivity index is 1.67. The van der Waals surface area contributed by atoms with E-state index in [2.05, 4.69) is 35.1 Å². The molecule has 9 nitrogen and oxygen atoms in total. The molecular formula is C25H26N6O3. The number of nitrogens with zero attached hydrogens (tertiary/aromatic N) is 6. The van der Waals surface area contributed by atoms with Gasteiger partial charge >= 0.3 is 5.69 Å². The fraction of sp³-hybridized carbons (Fsp3) is 0.360. The van der Waals surface area contributed by atoms with Gasteiger partial charge in [0.2, 0.25) is 0 Å². The highest BCUT2D eigenvalue weighted by atomic mass is 16.5. The Morgan fingerprint density at radius 2 is 1.62 bits per heavy atom. The molecule has 0 aliphatic carbocycles. The van der Waals surface area contributed by atoms with Crippen molar-refractivity contribution in [1.82, 2.24) is 29.1 Å². The molecule has 5 aromatic rings. The van der Waals surface area contributed by atoms with Crippen molar-refractivity contribution in [3.05, 3.63) is 53.5 Å². The lowest BCUT2D eigenvalue weighted by molar-refractivity contribution is -0.0486. The maximum absolute atomic E-state index is 13.6. The van der Waals surface area contributed by atoms with Crippen molar-refractivity contribution in [2.75, 3.05) is 0 Å². The van der Waals surface area contributed by atoms with Gasteiger partial charge in [0.1, 0.15) is 16.8 Å². The van der Waals surface area contributed by atoms with Crippen LogP contribution in [0.15, 0.2) is 52.2 Å². The Labute approximate surface area is 195 Å². The number of furan rings is 1. The molecule has 5 heterocycles. The van der Waals surface area contributed by atoms with Crippen LogP contribution >= 0.6 is 0 Å². The van der Waals surface area contributed by atoms with Gasteiger partial charge in [0, 0.05) is 49.0 Å². The standard InChI is InChI=1S/C25H26N6O3/c1-14-7-19(8-15(2)33-14)31-23-20-9-16(17-10-26-29(3)12-17)5-6-21(20)34-24(23)22(28-25(31)32)18-11-27-30(4)13-18/h5-6,9-15,19H,7-8H2,1-4H3/t14-,15+,19?. The lowest BCUT2D eigenvalue weighted by Crippen LogP contribution is -2.36. The van der Waals surface area contributed by atoms with Crippen LogP contribution < -0.4 is 5.69 Å². The number of benzene rings is 1. The third kappa shape index (κ3) is 3.35. The molecule has 4 aromatic heterocycles. The van der Waals surface area contributed by atoms with E-state index in [4.69, 9.17) is 9.15 Å². The zero-order valence-corrected chi connectivity index (χ0v) is 19.6. The van der Waals surface area contributed by atoms with Crippen molar-refractivity contribution >= 4 is 22.1 Å². The maximum Gasteiger partial charge on any atom is 0.349 e. The maximum atomic E-state index is 13.6. The van der Waals surface area contributed by atoms with Crippen LogP contribution in [-0.2, 0) is 18.8 Å². The van der Waals surface area contributed by atoms with E-state index in [0.717, 1.165) is 40.4 Å². The molecule has 6 rings (SSSR count). The third-order valence-corrected chi connectivity index (χ3v) is 6.59. The van der Waals surface area contributed by atoms with Gasteiger partial charge in [-0.2, -0.15) is 15.2 Å². The molecule has 0 bridgehead atoms. The average molecular weight is 459 g/mol. The zero-order chi connectivity index (χ0) is 23.6. The summed E-state index contributed by atoms with van der Waals surface area (Å²) in [7, 11) is 3.73. The quantitative estimate of drug-likeness (QED) is 0.405. The number of hydrogen-bond acceptors (Lipinski definition) is 6. The molecule has 1 aliphatic heterocycles. The van der Waals surface area contributed by atoms with Crippen LogP contribution in [0.4, 0.5) is 0 Å². The summed E-state index contributed by atoms with van der Waals surface area (Å²) < 4.78 is 17.6. The van der Waals surface area contributed by atoms with Crippen molar-refractivity contribution in [1.29, 1.82) is 0 Å². The first-order chi connectivity index (χ1) is 16.4. The Morgan fingerprint density at radius 1 is 0.941 bits per heavy atom. The van der Waals surface area contributed by atoms with Crippen molar-refractivity contribution in [2.45, 2.75) is 44.9 Å². The monoisotopic (exact) mass is 458 g/mol. The predicted molar refractivity (Wildman–Crippen MR) is 128 cm³/mol. The molecule has 9 heteroatoms. The molecule has 0 N–H and O–H groups in total. The van der Waals surface area contributed by atoms with Gasteiger partial charge in [-0.1, -0.05) is 6.07 Å². The molecule has 3 atom stereocenters. The highest BCUT2D eigenvalue weighted by molar-refractivity contribution is 6.07. The molecule has 1 fully saturated rings. The SMILES string of the molecule is C[C@@H]1CC(n2c(=O)nc(-c3cnn(C)c3)c3oc4ccc(-c5cnn(C)c5)cc4c32)C[C@H](C)O1. The van der Waals surface area contributed by atoms with E-state index < -0.39 is 0 Å². The van der Waals surface area contributed by atoms with Gasteiger partial charge in [0.25, 0.3) is 0 Å². The van der Waals surface area contributed by atoms with E-state index in [1.165, 1.54) is 0 Å². The van der Waals surface area contributed by atoms with Crippen molar-refractivity contribution in [2.24, 2.45) is 14.1 Å². The van der Waals surface area contributed by atoms with Gasteiger partial charge in [-0.25, -0.2) is 4.79 Å². The predicted octanol–water partition coefficient (Wildman–Crippen LogP) is 4.07. The summed E-state index contributed by atoms with van der Waals surface area (Å²) in [4.78, 5) is 18.1. The van der Waals surface area contributed by atoms with Crippen molar-refractivity contribution in [3.63, 3.8) is 0 Å². The second-order valence-corrected chi connectivity index (χ2v) is 9.29. The van der Waals surface area contributed by atoms with E-state index in [-0.39, 0.29) is 23.9 Å². The first-order valence-electron chi connectivity index (χ1n) is 11.5. The molecule has 1 aromatic carbocycles. The van der Waals surface area contributed by atoms with E-state index in [9.17, 15) is 4.79 Å². The highest BCUT2D eigenvalue weighted by Crippen LogP contribution is 2.39. The van der Waals surface area contributed by atoms with Crippen LogP contribution in [0.25, 0.3) is 44.5 Å². The average Bonchev–Trinajstić information content (AvgIpc) is 3.50. The van der Waals surface area contributed by atoms with E-state index in [1.54, 1.807) is 15.6 Å². The Kier molecular flexibility index (Phi) is 4.70. The minimum Gasteiger partial charge on any atom is -0.452 e. The van der Waals surface area contributed by atoms with Crippen LogP contribution in [0.1, 0.15) is 32.7 Å². The van der Waals surface area contributed by atoms with Gasteiger partial charge in [0.05, 0.1) is 24.6 Å². The molecule has 1 saturated heterocycles. The molecule has 1 unspecified atom stereocenters. The number of aryl methyl sites for hydroxylation is 2. The number of ether oxygens (including phenoxy) is 1. The van der Waals surface area contributed by atoms with E-state index >= 15 is 0 Å². The molecule has 1 aliphatic rings. The van der Waals surface area contributed by atoms with Crippen LogP contribution in [0.5, 0.6) is 0 Å². The lowest BCUT2D eigenvalue weighted by Gasteiger charge is -2.33. The number of hydrogen-bond donors (Lipinski definition) is 0. The van der Waals surface area contributed by atoms with Gasteiger partial charge in [-0.15, -0.1) is 0 Å². The first kappa shape index (κ1) is 20.9. The van der Waals surface area contributed by atoms with E-state index in [0.29, 0.717) is 16.9 Å². The van der Waals surface area contributed by atoms with Crippen LogP contribution in [0.2, 0.25) is 0 Å². The minimum absolute atomic E-state index is 0.0351. The molecule has 34 heavy (non-hydrogen) atoms. The summed E-state index contributed by atoms with van der Waals surface area (Å²) in [5.41, 5.74) is 5.06. The number of rotatable bonds is 3. The van der Waals surface area contributed by atoms with Gasteiger partial charge in [-0.05, 0) is 44.4 Å². The summed E-state index contributed by atoms with van der Waals surface area (Å²) in [6.45, 7) is 4.10.